The summed E-state index contributed by atoms with van der Waals surface area (Å²) in [4.78, 5) is 24.5. The van der Waals surface area contributed by atoms with E-state index in [0.29, 0.717) is 31.2 Å². The van der Waals surface area contributed by atoms with Crippen molar-refractivity contribution in [2.45, 2.75) is 33.1 Å². The third-order valence-corrected chi connectivity index (χ3v) is 4.23. The molecule has 1 aliphatic heterocycles. The summed E-state index contributed by atoms with van der Waals surface area (Å²) in [5.41, 5.74) is -0.238. The molecule has 1 aromatic rings. The zero-order valence-corrected chi connectivity index (χ0v) is 14.6. The molecular formula is C18H23N3O4. The summed E-state index contributed by atoms with van der Waals surface area (Å²) in [5, 5.41) is 19.9. The molecule has 2 rings (SSSR count). The summed E-state index contributed by atoms with van der Waals surface area (Å²) in [7, 11) is 0. The first kappa shape index (κ1) is 18.7. The minimum atomic E-state index is -0.585. The molecule has 25 heavy (non-hydrogen) atoms. The molecule has 0 N–H and O–H groups in total. The topological polar surface area (TPSA) is 96.5 Å². The predicted molar refractivity (Wildman–Crippen MR) is 92.1 cm³/mol. The maximum atomic E-state index is 12.2. The highest BCUT2D eigenvalue weighted by Crippen LogP contribution is 2.25. The number of ether oxygens (including phenoxy) is 1. The van der Waals surface area contributed by atoms with Gasteiger partial charge in [-0.15, -0.1) is 0 Å². The predicted octanol–water partition coefficient (Wildman–Crippen LogP) is 3.13. The number of likely N-dealkylation sites (tertiary alicyclic amines) is 1. The lowest BCUT2D eigenvalue weighted by Crippen LogP contribution is -2.41. The van der Waals surface area contributed by atoms with E-state index in [-0.39, 0.29) is 23.1 Å². The van der Waals surface area contributed by atoms with Crippen LogP contribution in [0.5, 0.6) is 5.75 Å². The first-order chi connectivity index (χ1) is 11.9. The van der Waals surface area contributed by atoms with Crippen molar-refractivity contribution in [1.29, 1.82) is 5.26 Å². The van der Waals surface area contributed by atoms with Gasteiger partial charge in [-0.3, -0.25) is 14.9 Å². The van der Waals surface area contributed by atoms with Gasteiger partial charge >= 0.3 is 0 Å². The number of rotatable bonds is 6. The van der Waals surface area contributed by atoms with Gasteiger partial charge in [0.05, 0.1) is 17.6 Å². The molecule has 0 aromatic heterocycles. The third-order valence-electron chi connectivity index (χ3n) is 4.23. The Morgan fingerprint density at radius 3 is 2.92 bits per heavy atom. The first-order valence-electron chi connectivity index (χ1n) is 8.49. The highest BCUT2D eigenvalue weighted by molar-refractivity contribution is 5.76. The van der Waals surface area contributed by atoms with Crippen LogP contribution in [-0.4, -0.2) is 35.4 Å². The van der Waals surface area contributed by atoms with Crippen LogP contribution in [-0.2, 0) is 4.79 Å². The minimum Gasteiger partial charge on any atom is -0.493 e. The number of amides is 1. The van der Waals surface area contributed by atoms with Gasteiger partial charge in [-0.1, -0.05) is 13.8 Å². The molecule has 1 aromatic carbocycles. The fraction of sp³-hybridized carbons (Fsp3) is 0.556. The average Bonchev–Trinajstić information content (AvgIpc) is 2.59. The molecule has 1 atom stereocenters. The van der Waals surface area contributed by atoms with Crippen molar-refractivity contribution in [3.63, 3.8) is 0 Å². The molecule has 0 radical (unpaired) electrons. The lowest BCUT2D eigenvalue weighted by molar-refractivity contribution is -0.385. The molecule has 0 spiro atoms. The van der Waals surface area contributed by atoms with Crippen molar-refractivity contribution in [3.05, 3.63) is 33.9 Å². The summed E-state index contributed by atoms with van der Waals surface area (Å²) in [5.74, 6) is 1.09. The van der Waals surface area contributed by atoms with Crippen LogP contribution in [0.3, 0.4) is 0 Å². The molecule has 1 aliphatic rings. The van der Waals surface area contributed by atoms with Crippen molar-refractivity contribution < 1.29 is 14.5 Å². The molecule has 1 unspecified atom stereocenters. The molecule has 1 fully saturated rings. The van der Waals surface area contributed by atoms with Gasteiger partial charge in [0.1, 0.15) is 17.4 Å². The van der Waals surface area contributed by atoms with Gasteiger partial charge < -0.3 is 9.64 Å². The maximum Gasteiger partial charge on any atom is 0.290 e. The number of benzene rings is 1. The Hall–Kier alpha value is -2.62. The van der Waals surface area contributed by atoms with Crippen molar-refractivity contribution in [3.8, 4) is 11.8 Å². The van der Waals surface area contributed by atoms with E-state index in [1.54, 1.807) is 12.1 Å². The molecule has 0 bridgehead atoms. The zero-order chi connectivity index (χ0) is 18.4. The van der Waals surface area contributed by atoms with Crippen LogP contribution in [0.15, 0.2) is 18.2 Å². The normalized spacial score (nSPS) is 17.2. The van der Waals surface area contributed by atoms with E-state index < -0.39 is 4.92 Å². The van der Waals surface area contributed by atoms with E-state index in [4.69, 9.17) is 10.00 Å². The smallest absolute Gasteiger partial charge is 0.290 e. The molecule has 7 heteroatoms. The van der Waals surface area contributed by atoms with E-state index in [9.17, 15) is 14.9 Å². The fourth-order valence-electron chi connectivity index (χ4n) is 2.97. The molecular weight excluding hydrogens is 322 g/mol. The number of nitriles is 1. The number of hydrogen-bond acceptors (Lipinski definition) is 5. The van der Waals surface area contributed by atoms with Gasteiger partial charge in [0.2, 0.25) is 5.91 Å². The Labute approximate surface area is 147 Å². The average molecular weight is 345 g/mol. The second kappa shape index (κ2) is 8.47. The largest absolute Gasteiger partial charge is 0.493 e. The Balaban J connectivity index is 1.95. The van der Waals surface area contributed by atoms with Crippen molar-refractivity contribution in [2.24, 2.45) is 11.8 Å². The Morgan fingerprint density at radius 2 is 2.28 bits per heavy atom. The van der Waals surface area contributed by atoms with Crippen LogP contribution in [0.25, 0.3) is 0 Å². The van der Waals surface area contributed by atoms with Crippen LogP contribution >= 0.6 is 0 Å². The summed E-state index contributed by atoms with van der Waals surface area (Å²) in [6, 6.07) is 6.04. The second-order valence-corrected chi connectivity index (χ2v) is 6.80. The van der Waals surface area contributed by atoms with Crippen LogP contribution in [0.1, 0.15) is 38.7 Å². The van der Waals surface area contributed by atoms with Gasteiger partial charge in [0, 0.05) is 25.4 Å². The maximum absolute atomic E-state index is 12.2. The first-order valence-corrected chi connectivity index (χ1v) is 8.49. The number of hydrogen-bond donors (Lipinski definition) is 0. The Bertz CT molecular complexity index is 681. The SMILES string of the molecule is CC(C)CC(=O)N1CCCC(COc2ccc(C#N)c([N+](=O)[O-])c2)C1. The fourth-order valence-corrected chi connectivity index (χ4v) is 2.97. The number of carbonyl (C=O) groups is 1. The molecule has 0 aliphatic carbocycles. The highest BCUT2D eigenvalue weighted by Gasteiger charge is 2.24. The van der Waals surface area contributed by atoms with E-state index in [2.05, 4.69) is 0 Å². The number of nitro groups is 1. The Kier molecular flexibility index (Phi) is 6.34. The lowest BCUT2D eigenvalue weighted by Gasteiger charge is -2.33. The van der Waals surface area contributed by atoms with E-state index in [1.165, 1.54) is 12.1 Å². The van der Waals surface area contributed by atoms with Crippen molar-refractivity contribution in [2.75, 3.05) is 19.7 Å². The Morgan fingerprint density at radius 1 is 1.52 bits per heavy atom. The third kappa shape index (κ3) is 5.18. The van der Waals surface area contributed by atoms with Gasteiger partial charge in [-0.2, -0.15) is 5.26 Å². The summed E-state index contributed by atoms with van der Waals surface area (Å²) >= 11 is 0. The molecule has 1 saturated heterocycles. The van der Waals surface area contributed by atoms with Crippen LogP contribution in [0.4, 0.5) is 5.69 Å². The number of carbonyl (C=O) groups excluding carboxylic acids is 1. The molecule has 134 valence electrons. The zero-order valence-electron chi connectivity index (χ0n) is 14.6. The van der Waals surface area contributed by atoms with E-state index >= 15 is 0 Å². The van der Waals surface area contributed by atoms with E-state index in [1.807, 2.05) is 18.7 Å². The summed E-state index contributed by atoms with van der Waals surface area (Å²) < 4.78 is 5.69. The van der Waals surface area contributed by atoms with Gasteiger partial charge in [-0.05, 0) is 30.9 Å². The van der Waals surface area contributed by atoms with Crippen molar-refractivity contribution >= 4 is 11.6 Å². The van der Waals surface area contributed by atoms with Gasteiger partial charge in [-0.25, -0.2) is 0 Å². The molecule has 1 heterocycles. The van der Waals surface area contributed by atoms with E-state index in [0.717, 1.165) is 19.4 Å². The lowest BCUT2D eigenvalue weighted by atomic mass is 9.98. The van der Waals surface area contributed by atoms with Crippen LogP contribution in [0, 0.1) is 33.3 Å². The standard InChI is InChI=1S/C18H23N3O4/c1-13(2)8-18(22)20-7-3-4-14(11-20)12-25-16-6-5-15(10-19)17(9-16)21(23)24/h5-6,9,13-14H,3-4,7-8,11-12H2,1-2H3. The quantitative estimate of drug-likeness (QED) is 0.583. The highest BCUT2D eigenvalue weighted by atomic mass is 16.6. The minimum absolute atomic E-state index is 0.0143. The van der Waals surface area contributed by atoms with Gasteiger partial charge in [0.15, 0.2) is 0 Å². The number of piperidine rings is 1. The van der Waals surface area contributed by atoms with Gasteiger partial charge in [0.25, 0.3) is 5.69 Å². The van der Waals surface area contributed by atoms with Crippen LogP contribution < -0.4 is 4.74 Å². The summed E-state index contributed by atoms with van der Waals surface area (Å²) in [6.45, 7) is 5.89. The molecule has 1 amide bonds. The number of nitro benzene ring substituents is 1. The second-order valence-electron chi connectivity index (χ2n) is 6.80. The molecule has 7 nitrogen and oxygen atoms in total. The number of nitrogens with zero attached hydrogens (tertiary/aromatic N) is 3. The molecule has 0 saturated carbocycles. The monoisotopic (exact) mass is 345 g/mol. The summed E-state index contributed by atoms with van der Waals surface area (Å²) in [6.07, 6.45) is 2.45. The van der Waals surface area contributed by atoms with Crippen molar-refractivity contribution in [1.82, 2.24) is 4.90 Å². The van der Waals surface area contributed by atoms with Crippen LogP contribution in [0.2, 0.25) is 0 Å².